The molecule has 1 aromatic carbocycles. The average molecular weight is 432 g/mol. The van der Waals surface area contributed by atoms with Crippen molar-refractivity contribution in [3.05, 3.63) is 51.0 Å². The largest absolute Gasteiger partial charge is 0.444 e. The monoisotopic (exact) mass is 431 g/mol. The number of hydrogen-bond acceptors (Lipinski definition) is 3. The van der Waals surface area contributed by atoms with Crippen LogP contribution in [0.5, 0.6) is 0 Å². The summed E-state index contributed by atoms with van der Waals surface area (Å²) in [5.41, 5.74) is 4.56. The number of ether oxygens (including phenoxy) is 1. The number of aryl methyl sites for hydroxylation is 2. The van der Waals surface area contributed by atoms with Crippen LogP contribution in [-0.2, 0) is 24.0 Å². The van der Waals surface area contributed by atoms with Crippen LogP contribution >= 0.6 is 15.9 Å². The molecule has 1 saturated heterocycles. The zero-order valence-electron chi connectivity index (χ0n) is 16.1. The molecule has 0 bridgehead atoms. The minimum Gasteiger partial charge on any atom is -0.444 e. The summed E-state index contributed by atoms with van der Waals surface area (Å²) >= 11 is 3.58. The summed E-state index contributed by atoms with van der Waals surface area (Å²) in [5.74, 6) is 0.904. The van der Waals surface area contributed by atoms with Crippen molar-refractivity contribution in [1.29, 1.82) is 0 Å². The van der Waals surface area contributed by atoms with Crippen LogP contribution in [0.2, 0.25) is 0 Å². The molecule has 1 N–H and O–H groups in total. The first-order valence-electron chi connectivity index (χ1n) is 9.65. The van der Waals surface area contributed by atoms with Crippen molar-refractivity contribution >= 4 is 22.0 Å². The molecule has 1 aromatic heterocycles. The van der Waals surface area contributed by atoms with Gasteiger partial charge in [-0.15, -0.1) is 0 Å². The van der Waals surface area contributed by atoms with Crippen molar-refractivity contribution in [2.24, 2.45) is 0 Å². The predicted molar refractivity (Wildman–Crippen MR) is 108 cm³/mol. The van der Waals surface area contributed by atoms with Gasteiger partial charge in [0, 0.05) is 23.1 Å². The molecule has 27 heavy (non-hydrogen) atoms. The highest BCUT2D eigenvalue weighted by Crippen LogP contribution is 2.34. The molecule has 144 valence electrons. The van der Waals surface area contributed by atoms with E-state index in [0.717, 1.165) is 54.6 Å². The van der Waals surface area contributed by atoms with Gasteiger partial charge in [0.2, 0.25) is 0 Å². The molecule has 5 nitrogen and oxygen atoms in total. The Morgan fingerprint density at radius 1 is 1.30 bits per heavy atom. The second-order valence-corrected chi connectivity index (χ2v) is 9.38. The zero-order valence-corrected chi connectivity index (χ0v) is 17.7. The maximum Gasteiger partial charge on any atom is 0.410 e. The number of nitrogens with zero attached hydrogens (tertiary/aromatic N) is 2. The van der Waals surface area contributed by atoms with Gasteiger partial charge in [0.05, 0.1) is 11.7 Å². The zero-order chi connectivity index (χ0) is 19.2. The first kappa shape index (κ1) is 18.5. The number of imidazole rings is 1. The molecule has 0 spiro atoms. The van der Waals surface area contributed by atoms with Gasteiger partial charge in [0.25, 0.3) is 0 Å². The molecule has 4 rings (SSSR count). The number of aromatic nitrogens is 2. The number of fused-ring (bicyclic) bond motifs is 2. The Bertz CT molecular complexity index is 869. The summed E-state index contributed by atoms with van der Waals surface area (Å²) in [6.07, 6.45) is 4.44. The summed E-state index contributed by atoms with van der Waals surface area (Å²) in [6, 6.07) is 6.49. The molecule has 6 heteroatoms. The lowest BCUT2D eigenvalue weighted by Crippen LogP contribution is -2.36. The molecule has 0 saturated carbocycles. The topological polar surface area (TPSA) is 58.2 Å². The summed E-state index contributed by atoms with van der Waals surface area (Å²) in [6.45, 7) is 6.43. The van der Waals surface area contributed by atoms with Crippen LogP contribution < -0.4 is 0 Å². The summed E-state index contributed by atoms with van der Waals surface area (Å²) in [7, 11) is 0. The van der Waals surface area contributed by atoms with Crippen molar-refractivity contribution in [1.82, 2.24) is 14.9 Å². The molecule has 0 radical (unpaired) electrons. The predicted octanol–water partition coefficient (Wildman–Crippen LogP) is 4.93. The number of carbonyl (C=O) groups is 1. The number of likely N-dealkylation sites (tertiary alicyclic amines) is 1. The van der Waals surface area contributed by atoms with E-state index in [2.05, 4.69) is 39.1 Å². The molecular formula is C21H26BrN3O2. The van der Waals surface area contributed by atoms with E-state index in [4.69, 9.17) is 9.72 Å². The number of carbonyl (C=O) groups excluding carboxylic acids is 1. The first-order chi connectivity index (χ1) is 12.8. The molecule has 0 unspecified atom stereocenters. The van der Waals surface area contributed by atoms with Gasteiger partial charge in [-0.1, -0.05) is 22.0 Å². The summed E-state index contributed by atoms with van der Waals surface area (Å²) in [4.78, 5) is 22.9. The number of nitrogens with one attached hydrogen (secondary N) is 1. The van der Waals surface area contributed by atoms with Gasteiger partial charge in [-0.25, -0.2) is 9.78 Å². The minimum absolute atomic E-state index is 0.0197. The lowest BCUT2D eigenvalue weighted by molar-refractivity contribution is 0.0218. The number of benzene rings is 1. The van der Waals surface area contributed by atoms with E-state index in [0.29, 0.717) is 0 Å². The maximum absolute atomic E-state index is 12.6. The number of rotatable bonds is 1. The minimum atomic E-state index is -0.484. The van der Waals surface area contributed by atoms with Crippen LogP contribution in [0.15, 0.2) is 22.7 Å². The van der Waals surface area contributed by atoms with Gasteiger partial charge in [-0.3, -0.25) is 4.90 Å². The van der Waals surface area contributed by atoms with E-state index in [1.807, 2.05) is 25.7 Å². The van der Waals surface area contributed by atoms with E-state index < -0.39 is 5.60 Å². The van der Waals surface area contributed by atoms with E-state index in [1.54, 1.807) is 0 Å². The lowest BCUT2D eigenvalue weighted by atomic mass is 10.0. The Hall–Kier alpha value is -1.82. The third kappa shape index (κ3) is 3.91. The number of H-pyrrole nitrogens is 1. The third-order valence-electron chi connectivity index (χ3n) is 5.25. The highest BCUT2D eigenvalue weighted by molar-refractivity contribution is 9.10. The van der Waals surface area contributed by atoms with Crippen molar-refractivity contribution in [3.63, 3.8) is 0 Å². The summed E-state index contributed by atoms with van der Waals surface area (Å²) < 4.78 is 6.70. The SMILES string of the molecule is CC(C)(C)OC(=O)N1CCC[C@H]1c1nc2c([nH]1)Cc1cc(Br)ccc1CC2. The number of amides is 1. The molecule has 1 amide bonds. The van der Waals surface area contributed by atoms with Crippen molar-refractivity contribution in [2.75, 3.05) is 6.54 Å². The van der Waals surface area contributed by atoms with Crippen LogP contribution in [0.1, 0.15) is 68.0 Å². The van der Waals surface area contributed by atoms with Crippen LogP contribution in [0.4, 0.5) is 4.79 Å². The Kier molecular flexibility index (Phi) is 4.78. The van der Waals surface area contributed by atoms with Gasteiger partial charge < -0.3 is 9.72 Å². The van der Waals surface area contributed by atoms with Crippen LogP contribution in [-0.4, -0.2) is 33.1 Å². The van der Waals surface area contributed by atoms with E-state index in [9.17, 15) is 4.79 Å². The fourth-order valence-corrected chi connectivity index (χ4v) is 4.42. The number of halogens is 1. The molecule has 1 fully saturated rings. The second-order valence-electron chi connectivity index (χ2n) is 8.47. The standard InChI is InChI=1S/C21H26BrN3O2/c1-21(2,3)27-20(26)25-10-4-5-18(25)19-23-16-9-7-13-6-8-15(22)11-14(13)12-17(16)24-19/h6,8,11,18H,4-5,7,9-10,12H2,1-3H3,(H,23,24)/t18-/m0/s1. The highest BCUT2D eigenvalue weighted by atomic mass is 79.9. The van der Waals surface area contributed by atoms with Gasteiger partial charge in [-0.05, 0) is 69.7 Å². The lowest BCUT2D eigenvalue weighted by Gasteiger charge is -2.27. The Labute approximate surface area is 168 Å². The first-order valence-corrected chi connectivity index (χ1v) is 10.4. The number of aromatic amines is 1. The highest BCUT2D eigenvalue weighted by Gasteiger charge is 2.35. The summed E-state index contributed by atoms with van der Waals surface area (Å²) in [5, 5.41) is 0. The van der Waals surface area contributed by atoms with Gasteiger partial charge in [-0.2, -0.15) is 0 Å². The Morgan fingerprint density at radius 3 is 2.89 bits per heavy atom. The van der Waals surface area contributed by atoms with Crippen molar-refractivity contribution in [2.45, 2.75) is 64.5 Å². The van der Waals surface area contributed by atoms with Crippen molar-refractivity contribution in [3.8, 4) is 0 Å². The Morgan fingerprint density at radius 2 is 2.11 bits per heavy atom. The fraction of sp³-hybridized carbons (Fsp3) is 0.524. The normalized spacial score (nSPS) is 19.4. The number of hydrogen-bond donors (Lipinski definition) is 1. The third-order valence-corrected chi connectivity index (χ3v) is 5.74. The van der Waals surface area contributed by atoms with E-state index in [-0.39, 0.29) is 12.1 Å². The van der Waals surface area contributed by atoms with Crippen LogP contribution in [0.3, 0.4) is 0 Å². The van der Waals surface area contributed by atoms with Crippen molar-refractivity contribution < 1.29 is 9.53 Å². The Balaban J connectivity index is 1.58. The average Bonchev–Trinajstić information content (AvgIpc) is 3.16. The molecule has 1 atom stereocenters. The maximum atomic E-state index is 12.6. The van der Waals surface area contributed by atoms with Gasteiger partial charge >= 0.3 is 6.09 Å². The molecule has 2 aromatic rings. The fourth-order valence-electron chi connectivity index (χ4n) is 4.01. The molecule has 2 aliphatic rings. The molecule has 1 aliphatic carbocycles. The van der Waals surface area contributed by atoms with Gasteiger partial charge in [0.15, 0.2) is 0 Å². The van der Waals surface area contributed by atoms with E-state index in [1.165, 1.54) is 16.8 Å². The van der Waals surface area contributed by atoms with Crippen LogP contribution in [0.25, 0.3) is 0 Å². The molecular weight excluding hydrogens is 406 g/mol. The van der Waals surface area contributed by atoms with E-state index >= 15 is 0 Å². The molecule has 2 heterocycles. The second kappa shape index (κ2) is 6.97. The quantitative estimate of drug-likeness (QED) is 0.695. The molecule has 1 aliphatic heterocycles. The van der Waals surface area contributed by atoms with Gasteiger partial charge in [0.1, 0.15) is 11.4 Å². The van der Waals surface area contributed by atoms with Crippen LogP contribution in [0, 0.1) is 0 Å². The smallest absolute Gasteiger partial charge is 0.410 e.